The van der Waals surface area contributed by atoms with Gasteiger partial charge in [0.25, 0.3) is 0 Å². The van der Waals surface area contributed by atoms with Crippen molar-refractivity contribution in [1.29, 1.82) is 0 Å². The Hall–Kier alpha value is -1.06. The Morgan fingerprint density at radius 1 is 1.31 bits per heavy atom. The molecule has 1 fully saturated rings. The highest BCUT2D eigenvalue weighted by Crippen LogP contribution is 2.19. The van der Waals surface area contributed by atoms with Gasteiger partial charge < -0.3 is 10.2 Å². The van der Waals surface area contributed by atoms with E-state index in [0.717, 1.165) is 25.7 Å². The van der Waals surface area contributed by atoms with E-state index in [4.69, 9.17) is 0 Å². The Balaban J connectivity index is 2.87. The zero-order chi connectivity index (χ0) is 12.1. The zero-order valence-corrected chi connectivity index (χ0v) is 10.5. The highest BCUT2D eigenvalue weighted by molar-refractivity contribution is 5.94. The van der Waals surface area contributed by atoms with Crippen molar-refractivity contribution in [3.63, 3.8) is 0 Å². The summed E-state index contributed by atoms with van der Waals surface area (Å²) < 4.78 is 0. The minimum atomic E-state index is -0.254. The minimum absolute atomic E-state index is 0.00773. The Labute approximate surface area is 97.4 Å². The number of hydrogen-bond acceptors (Lipinski definition) is 2. The van der Waals surface area contributed by atoms with Crippen molar-refractivity contribution in [1.82, 2.24) is 10.2 Å². The summed E-state index contributed by atoms with van der Waals surface area (Å²) in [5.41, 5.74) is 0. The number of hydrogen-bond donors (Lipinski definition) is 1. The summed E-state index contributed by atoms with van der Waals surface area (Å²) in [5, 5.41) is 2.67. The molecule has 4 heteroatoms. The molecular formula is C12H22N2O2. The molecule has 0 radical (unpaired) electrons. The molecule has 2 amide bonds. The van der Waals surface area contributed by atoms with Gasteiger partial charge in [-0.15, -0.1) is 0 Å². The summed E-state index contributed by atoms with van der Waals surface area (Å²) in [6, 6.07) is -0.0498. The van der Waals surface area contributed by atoms with Crippen LogP contribution in [0.5, 0.6) is 0 Å². The standard InChI is InChI=1S/C12H22N2O2/c1-4-7-10-12(16)13-8-11(15)14(10)9(5-2)6-3/h9-10H,4-8H2,1-3H3,(H,13,16). The molecule has 1 aliphatic rings. The lowest BCUT2D eigenvalue weighted by molar-refractivity contribution is -0.148. The van der Waals surface area contributed by atoms with Crippen LogP contribution >= 0.6 is 0 Å². The van der Waals surface area contributed by atoms with Crippen molar-refractivity contribution in [2.45, 2.75) is 58.5 Å². The Bertz CT molecular complexity index is 262. The van der Waals surface area contributed by atoms with E-state index in [1.165, 1.54) is 0 Å². The molecule has 0 saturated carbocycles. The van der Waals surface area contributed by atoms with Crippen LogP contribution in [0, 0.1) is 0 Å². The van der Waals surface area contributed by atoms with Gasteiger partial charge in [0.05, 0.1) is 6.54 Å². The Morgan fingerprint density at radius 3 is 2.44 bits per heavy atom. The molecule has 1 rings (SSSR count). The largest absolute Gasteiger partial charge is 0.345 e. The van der Waals surface area contributed by atoms with Crippen molar-refractivity contribution in [2.24, 2.45) is 0 Å². The maximum absolute atomic E-state index is 11.9. The maximum atomic E-state index is 11.9. The fourth-order valence-electron chi connectivity index (χ4n) is 2.36. The monoisotopic (exact) mass is 226 g/mol. The number of piperazine rings is 1. The summed E-state index contributed by atoms with van der Waals surface area (Å²) >= 11 is 0. The van der Waals surface area contributed by atoms with E-state index in [1.807, 2.05) is 11.8 Å². The topological polar surface area (TPSA) is 49.4 Å². The molecule has 1 unspecified atom stereocenters. The van der Waals surface area contributed by atoms with Crippen molar-refractivity contribution in [2.75, 3.05) is 6.54 Å². The van der Waals surface area contributed by atoms with Gasteiger partial charge in [0, 0.05) is 6.04 Å². The summed E-state index contributed by atoms with van der Waals surface area (Å²) in [6.07, 6.45) is 3.50. The fraction of sp³-hybridized carbons (Fsp3) is 0.833. The van der Waals surface area contributed by atoms with Crippen molar-refractivity contribution >= 4 is 11.8 Å². The van der Waals surface area contributed by atoms with Crippen LogP contribution in [0.4, 0.5) is 0 Å². The van der Waals surface area contributed by atoms with Crippen LogP contribution in [0.25, 0.3) is 0 Å². The van der Waals surface area contributed by atoms with E-state index in [1.54, 1.807) is 0 Å². The average Bonchev–Trinajstić information content (AvgIpc) is 2.28. The van der Waals surface area contributed by atoms with Crippen molar-refractivity contribution < 1.29 is 9.59 Å². The molecule has 0 aromatic rings. The van der Waals surface area contributed by atoms with E-state index in [0.29, 0.717) is 0 Å². The van der Waals surface area contributed by atoms with Crippen LogP contribution in [0.1, 0.15) is 46.5 Å². The number of amides is 2. The number of rotatable bonds is 5. The van der Waals surface area contributed by atoms with Crippen LogP contribution in [0.3, 0.4) is 0 Å². The minimum Gasteiger partial charge on any atom is -0.345 e. The third-order valence-electron chi connectivity index (χ3n) is 3.24. The summed E-state index contributed by atoms with van der Waals surface area (Å²) in [7, 11) is 0. The molecule has 92 valence electrons. The molecular weight excluding hydrogens is 204 g/mol. The molecule has 1 atom stereocenters. The molecule has 0 spiro atoms. The Kier molecular flexibility index (Phi) is 4.77. The molecule has 1 heterocycles. The van der Waals surface area contributed by atoms with E-state index in [2.05, 4.69) is 19.2 Å². The van der Waals surface area contributed by atoms with Crippen LogP contribution in [-0.4, -0.2) is 35.3 Å². The lowest BCUT2D eigenvalue weighted by atomic mass is 10.0. The molecule has 1 saturated heterocycles. The number of carbonyl (C=O) groups is 2. The highest BCUT2D eigenvalue weighted by atomic mass is 16.2. The first kappa shape index (κ1) is 13.0. The first-order valence-electron chi connectivity index (χ1n) is 6.24. The summed E-state index contributed by atoms with van der Waals surface area (Å²) in [4.78, 5) is 25.5. The van der Waals surface area contributed by atoms with Gasteiger partial charge in [-0.25, -0.2) is 0 Å². The van der Waals surface area contributed by atoms with Gasteiger partial charge in [-0.3, -0.25) is 9.59 Å². The zero-order valence-electron chi connectivity index (χ0n) is 10.5. The molecule has 16 heavy (non-hydrogen) atoms. The van der Waals surface area contributed by atoms with Gasteiger partial charge in [-0.2, -0.15) is 0 Å². The molecule has 0 aliphatic carbocycles. The second-order valence-electron chi connectivity index (χ2n) is 4.29. The van der Waals surface area contributed by atoms with Crippen LogP contribution in [0.2, 0.25) is 0 Å². The summed E-state index contributed by atoms with van der Waals surface area (Å²) in [5.74, 6) is 0.0695. The quantitative estimate of drug-likeness (QED) is 0.768. The maximum Gasteiger partial charge on any atom is 0.243 e. The first-order chi connectivity index (χ1) is 7.65. The number of nitrogens with one attached hydrogen (secondary N) is 1. The number of nitrogens with zero attached hydrogens (tertiary/aromatic N) is 1. The molecule has 0 aromatic heterocycles. The van der Waals surface area contributed by atoms with Crippen molar-refractivity contribution in [3.8, 4) is 0 Å². The first-order valence-corrected chi connectivity index (χ1v) is 6.24. The lowest BCUT2D eigenvalue weighted by Gasteiger charge is -2.40. The fourth-order valence-corrected chi connectivity index (χ4v) is 2.36. The average molecular weight is 226 g/mol. The second-order valence-corrected chi connectivity index (χ2v) is 4.29. The van der Waals surface area contributed by atoms with Gasteiger partial charge in [0.15, 0.2) is 0 Å². The van der Waals surface area contributed by atoms with Crippen LogP contribution in [-0.2, 0) is 9.59 Å². The summed E-state index contributed by atoms with van der Waals surface area (Å²) in [6.45, 7) is 6.33. The lowest BCUT2D eigenvalue weighted by Crippen LogP contribution is -2.61. The van der Waals surface area contributed by atoms with Gasteiger partial charge >= 0.3 is 0 Å². The van der Waals surface area contributed by atoms with Crippen LogP contribution < -0.4 is 5.32 Å². The molecule has 0 aromatic carbocycles. The highest BCUT2D eigenvalue weighted by Gasteiger charge is 2.36. The second kappa shape index (κ2) is 5.87. The molecule has 1 N–H and O–H groups in total. The van der Waals surface area contributed by atoms with E-state index in [-0.39, 0.29) is 30.4 Å². The smallest absolute Gasteiger partial charge is 0.243 e. The SMILES string of the molecule is CCCC1C(=O)NCC(=O)N1C(CC)CC. The van der Waals surface area contributed by atoms with E-state index < -0.39 is 0 Å². The van der Waals surface area contributed by atoms with Gasteiger partial charge in [0.1, 0.15) is 6.04 Å². The number of carbonyl (C=O) groups excluding carboxylic acids is 2. The molecule has 1 aliphatic heterocycles. The van der Waals surface area contributed by atoms with Gasteiger partial charge in [-0.1, -0.05) is 27.2 Å². The molecule has 4 nitrogen and oxygen atoms in total. The Morgan fingerprint density at radius 2 is 1.94 bits per heavy atom. The molecule has 0 bridgehead atoms. The third-order valence-corrected chi connectivity index (χ3v) is 3.24. The van der Waals surface area contributed by atoms with Gasteiger partial charge in [-0.05, 0) is 19.3 Å². The predicted octanol–water partition coefficient (Wildman–Crippen LogP) is 1.30. The van der Waals surface area contributed by atoms with Crippen molar-refractivity contribution in [3.05, 3.63) is 0 Å². The third kappa shape index (κ3) is 2.54. The van der Waals surface area contributed by atoms with E-state index in [9.17, 15) is 9.59 Å². The normalized spacial score (nSPS) is 21.5. The van der Waals surface area contributed by atoms with Crippen LogP contribution in [0.15, 0.2) is 0 Å². The van der Waals surface area contributed by atoms with E-state index >= 15 is 0 Å². The predicted molar refractivity (Wildman–Crippen MR) is 62.9 cm³/mol. The van der Waals surface area contributed by atoms with Gasteiger partial charge in [0.2, 0.25) is 11.8 Å².